The molecule has 11 nitrogen and oxygen atoms in total. The van der Waals surface area contributed by atoms with Crippen LogP contribution in [0.2, 0.25) is 0 Å². The van der Waals surface area contributed by atoms with Gasteiger partial charge in [0.05, 0.1) is 24.3 Å². The minimum atomic E-state index is -1.08. The Hall–Kier alpha value is -2.66. The molecule has 0 radical (unpaired) electrons. The highest BCUT2D eigenvalue weighted by atomic mass is 16.6. The van der Waals surface area contributed by atoms with Gasteiger partial charge in [-0.3, -0.25) is 10.6 Å². The number of rotatable bonds is 8. The van der Waals surface area contributed by atoms with Crippen molar-refractivity contribution in [1.82, 2.24) is 16.0 Å². The highest BCUT2D eigenvalue weighted by Gasteiger charge is 2.38. The molecule has 0 aromatic rings. The Morgan fingerprint density at radius 2 is 1.49 bits per heavy atom. The average Bonchev–Trinajstić information content (AvgIpc) is 2.70. The maximum Gasteiger partial charge on any atom is 0.414 e. The normalized spacial score (nSPS) is 20.2. The second kappa shape index (κ2) is 13.8. The van der Waals surface area contributed by atoms with Gasteiger partial charge in [0.1, 0.15) is 11.2 Å². The fourth-order valence-electron chi connectivity index (χ4n) is 3.71. The van der Waals surface area contributed by atoms with Crippen molar-refractivity contribution in [2.75, 3.05) is 0 Å². The van der Waals surface area contributed by atoms with Crippen LogP contribution < -0.4 is 16.0 Å². The lowest BCUT2D eigenvalue weighted by atomic mass is 9.87. The van der Waals surface area contributed by atoms with Crippen LogP contribution in [0.1, 0.15) is 88.5 Å². The monoisotopic (exact) mass is 526 g/mol. The third-order valence-electron chi connectivity index (χ3n) is 5.16. The number of hydrogen-bond donors (Lipinski definition) is 4. The number of ether oxygens (including phenoxy) is 3. The van der Waals surface area contributed by atoms with Crippen LogP contribution in [-0.4, -0.2) is 70.8 Å². The van der Waals surface area contributed by atoms with Crippen LogP contribution in [0.15, 0.2) is 16.6 Å². The first-order valence-corrected chi connectivity index (χ1v) is 12.9. The van der Waals surface area contributed by atoms with Gasteiger partial charge in [0.25, 0.3) is 0 Å². The summed E-state index contributed by atoms with van der Waals surface area (Å²) in [7, 11) is 0. The van der Waals surface area contributed by atoms with Crippen molar-refractivity contribution in [2.24, 2.45) is 4.99 Å². The number of carboxylic acids is 1. The molecule has 0 bridgehead atoms. The summed E-state index contributed by atoms with van der Waals surface area (Å²) in [4.78, 5) is 41.7. The van der Waals surface area contributed by atoms with Crippen LogP contribution in [-0.2, 0) is 19.0 Å². The molecule has 0 aromatic heterocycles. The lowest BCUT2D eigenvalue weighted by Gasteiger charge is -2.38. The SMILES string of the molecule is CCC(CC)O[C@@H]1C=C(C(=O)O)C[C@H](N=C(NC(=O)OC(C)(C)C)NC(=O)OC(C)(C)C)[C@H]1NC(C)C. The van der Waals surface area contributed by atoms with Gasteiger partial charge < -0.3 is 24.6 Å². The van der Waals surface area contributed by atoms with Gasteiger partial charge in [0, 0.05) is 18.0 Å². The molecule has 3 atom stereocenters. The number of aliphatic carboxylic acids is 1. The van der Waals surface area contributed by atoms with E-state index in [0.29, 0.717) is 0 Å². The number of guanidine groups is 1. The minimum absolute atomic E-state index is 0.0244. The third-order valence-corrected chi connectivity index (χ3v) is 5.16. The molecule has 0 aromatic carbocycles. The number of carboxylic acid groups (broad SMARTS) is 1. The Balaban J connectivity index is 3.47. The number of amides is 2. The molecule has 0 unspecified atom stereocenters. The number of nitrogens with zero attached hydrogens (tertiary/aromatic N) is 1. The zero-order valence-electron chi connectivity index (χ0n) is 23.9. The molecular formula is C26H46N4O7. The molecule has 0 heterocycles. The van der Waals surface area contributed by atoms with E-state index in [1.54, 1.807) is 47.6 Å². The number of carbonyl (C=O) groups is 3. The molecular weight excluding hydrogens is 480 g/mol. The molecule has 11 heteroatoms. The summed E-state index contributed by atoms with van der Waals surface area (Å²) in [6.07, 6.45) is 0.872. The van der Waals surface area contributed by atoms with E-state index >= 15 is 0 Å². The Morgan fingerprint density at radius 3 is 1.86 bits per heavy atom. The average molecular weight is 527 g/mol. The first kappa shape index (κ1) is 32.4. The molecule has 1 aliphatic rings. The van der Waals surface area contributed by atoms with Gasteiger partial charge in [-0.15, -0.1) is 0 Å². The third kappa shape index (κ3) is 12.4. The molecule has 1 aliphatic carbocycles. The predicted octanol–water partition coefficient (Wildman–Crippen LogP) is 4.12. The first-order chi connectivity index (χ1) is 16.9. The maximum absolute atomic E-state index is 12.5. The quantitative estimate of drug-likeness (QED) is 0.273. The summed E-state index contributed by atoms with van der Waals surface area (Å²) >= 11 is 0. The number of alkyl carbamates (subject to hydrolysis) is 2. The maximum atomic E-state index is 12.5. The van der Waals surface area contributed by atoms with Gasteiger partial charge in [0.15, 0.2) is 0 Å². The van der Waals surface area contributed by atoms with Crippen molar-refractivity contribution in [3.8, 4) is 0 Å². The number of carbonyl (C=O) groups excluding carboxylic acids is 2. The fraction of sp³-hybridized carbons (Fsp3) is 0.769. The van der Waals surface area contributed by atoms with E-state index in [2.05, 4.69) is 20.9 Å². The first-order valence-electron chi connectivity index (χ1n) is 12.9. The van der Waals surface area contributed by atoms with Crippen LogP contribution in [0.3, 0.4) is 0 Å². The summed E-state index contributed by atoms with van der Waals surface area (Å²) in [6, 6.07) is -1.10. The summed E-state index contributed by atoms with van der Waals surface area (Å²) < 4.78 is 16.9. The van der Waals surface area contributed by atoms with Crippen molar-refractivity contribution in [2.45, 2.75) is 130 Å². The Morgan fingerprint density at radius 1 is 1.00 bits per heavy atom. The zero-order valence-corrected chi connectivity index (χ0v) is 23.9. The second-order valence-electron chi connectivity index (χ2n) is 11.4. The fourth-order valence-corrected chi connectivity index (χ4v) is 3.71. The van der Waals surface area contributed by atoms with E-state index in [-0.39, 0.29) is 30.1 Å². The largest absolute Gasteiger partial charge is 0.478 e. The van der Waals surface area contributed by atoms with E-state index in [9.17, 15) is 19.5 Å². The summed E-state index contributed by atoms with van der Waals surface area (Å²) in [5.74, 6) is -1.29. The zero-order chi connectivity index (χ0) is 28.6. The molecule has 212 valence electrons. The lowest BCUT2D eigenvalue weighted by Crippen LogP contribution is -2.55. The number of nitrogens with one attached hydrogen (secondary N) is 3. The van der Waals surface area contributed by atoms with Gasteiger partial charge in [-0.25, -0.2) is 19.4 Å². The van der Waals surface area contributed by atoms with Gasteiger partial charge >= 0.3 is 18.2 Å². The van der Waals surface area contributed by atoms with Gasteiger partial charge in [-0.05, 0) is 60.5 Å². The highest BCUT2D eigenvalue weighted by Crippen LogP contribution is 2.27. The summed E-state index contributed by atoms with van der Waals surface area (Å²) in [6.45, 7) is 18.2. The standard InChI is InChI=1S/C26H46N4O7/c1-11-17(12-2)35-19-14-16(21(31)32)13-18(20(19)27-15(3)4)28-22(29-23(33)36-25(5,6)7)30-24(34)37-26(8,9)10/h14-15,17-20,27H,11-13H2,1-10H3,(H,31,32)(H2,28,29,30,33,34)/t18-,19+,20+/m0/s1. The summed E-state index contributed by atoms with van der Waals surface area (Å²) in [5.41, 5.74) is -1.44. The topological polar surface area (TPSA) is 148 Å². The molecule has 4 N–H and O–H groups in total. The van der Waals surface area contributed by atoms with E-state index in [0.717, 1.165) is 12.8 Å². The van der Waals surface area contributed by atoms with Crippen molar-refractivity contribution in [1.29, 1.82) is 0 Å². The molecule has 37 heavy (non-hydrogen) atoms. The van der Waals surface area contributed by atoms with E-state index < -0.39 is 47.5 Å². The van der Waals surface area contributed by atoms with Crippen molar-refractivity contribution in [3.05, 3.63) is 11.6 Å². The molecule has 2 amide bonds. The Bertz CT molecular complexity index is 820. The number of aliphatic imine (C=N–C) groups is 1. The van der Waals surface area contributed by atoms with Gasteiger partial charge in [-0.1, -0.05) is 27.7 Å². The lowest BCUT2D eigenvalue weighted by molar-refractivity contribution is -0.133. The predicted molar refractivity (Wildman–Crippen MR) is 142 cm³/mol. The molecule has 1 rings (SSSR count). The minimum Gasteiger partial charge on any atom is -0.478 e. The molecule has 0 saturated carbocycles. The molecule has 0 fully saturated rings. The van der Waals surface area contributed by atoms with Gasteiger partial charge in [0.2, 0.25) is 5.96 Å². The van der Waals surface area contributed by atoms with Crippen molar-refractivity contribution < 1.29 is 33.7 Å². The van der Waals surface area contributed by atoms with Crippen molar-refractivity contribution in [3.63, 3.8) is 0 Å². The Labute approximate surface area is 220 Å². The highest BCUT2D eigenvalue weighted by molar-refractivity contribution is 6.01. The van der Waals surface area contributed by atoms with Crippen LogP contribution in [0.4, 0.5) is 9.59 Å². The second-order valence-corrected chi connectivity index (χ2v) is 11.4. The van der Waals surface area contributed by atoms with Gasteiger partial charge in [-0.2, -0.15) is 0 Å². The van der Waals surface area contributed by atoms with Crippen LogP contribution >= 0.6 is 0 Å². The smallest absolute Gasteiger partial charge is 0.414 e. The van der Waals surface area contributed by atoms with E-state index in [1.165, 1.54) is 0 Å². The van der Waals surface area contributed by atoms with Crippen molar-refractivity contribution >= 4 is 24.1 Å². The summed E-state index contributed by atoms with van der Waals surface area (Å²) in [5, 5.41) is 18.2. The number of hydrogen-bond acceptors (Lipinski definition) is 8. The van der Waals surface area contributed by atoms with Crippen LogP contribution in [0, 0.1) is 0 Å². The van der Waals surface area contributed by atoms with E-state index in [4.69, 9.17) is 14.2 Å². The molecule has 0 spiro atoms. The Kier molecular flexibility index (Phi) is 12.0. The van der Waals surface area contributed by atoms with E-state index in [1.807, 2.05) is 27.7 Å². The van der Waals surface area contributed by atoms with Crippen LogP contribution in [0.25, 0.3) is 0 Å². The molecule has 0 saturated heterocycles. The molecule has 0 aliphatic heterocycles. The van der Waals surface area contributed by atoms with Crippen LogP contribution in [0.5, 0.6) is 0 Å².